The number of fused-ring (bicyclic) bond motifs is 1. The number of hydrogen-bond acceptors (Lipinski definition) is 4. The third-order valence-electron chi connectivity index (χ3n) is 5.49. The molecule has 0 aromatic carbocycles. The van der Waals surface area contributed by atoms with Crippen molar-refractivity contribution in [3.63, 3.8) is 0 Å². The van der Waals surface area contributed by atoms with Gasteiger partial charge in [-0.25, -0.2) is 0 Å². The second-order valence-corrected chi connectivity index (χ2v) is 8.98. The van der Waals surface area contributed by atoms with Gasteiger partial charge >= 0.3 is 0 Å². The molecule has 4 aromatic rings. The van der Waals surface area contributed by atoms with E-state index in [1.165, 1.54) is 9.75 Å². The molecule has 0 aliphatic heterocycles. The van der Waals surface area contributed by atoms with E-state index in [1.54, 1.807) is 17.4 Å². The molecule has 0 aliphatic rings. The smallest absolute Gasteiger partial charge is 0.116 e. The molecule has 166 valence electrons. The van der Waals surface area contributed by atoms with Crippen LogP contribution in [0.4, 0.5) is 0 Å². The summed E-state index contributed by atoms with van der Waals surface area (Å²) in [5.74, 6) is 0. The topological polar surface area (TPSA) is 83.4 Å². The first-order valence-electron chi connectivity index (χ1n) is 10.7. The van der Waals surface area contributed by atoms with Crippen LogP contribution in [0, 0.1) is 6.92 Å². The Hall–Kier alpha value is -3.90. The molecule has 5 nitrogen and oxygen atoms in total. The van der Waals surface area contributed by atoms with Crippen LogP contribution in [0.1, 0.15) is 18.7 Å². The van der Waals surface area contributed by atoms with Crippen LogP contribution in [0.25, 0.3) is 44.9 Å². The monoisotopic (exact) mass is 453 g/mol. The van der Waals surface area contributed by atoms with Crippen LogP contribution < -0.4 is 16.3 Å². The number of H-pyrrole nitrogens is 2. The second-order valence-electron chi connectivity index (χ2n) is 7.69. The molecule has 6 heteroatoms. The van der Waals surface area contributed by atoms with Gasteiger partial charge in [0, 0.05) is 37.8 Å². The minimum Gasteiger partial charge on any atom is -0.399 e. The van der Waals surface area contributed by atoms with Crippen LogP contribution in [0.15, 0.2) is 78.8 Å². The highest BCUT2D eigenvalue weighted by atomic mass is 32.1. The highest BCUT2D eigenvalue weighted by Crippen LogP contribution is 2.34. The molecular weight excluding hydrogens is 426 g/mol. The first-order chi connectivity index (χ1) is 15.9. The summed E-state index contributed by atoms with van der Waals surface area (Å²) in [6, 6.07) is 6.42. The minimum atomic E-state index is 0.590. The zero-order chi connectivity index (χ0) is 23.5. The lowest BCUT2D eigenvalue weighted by molar-refractivity contribution is 1.06. The maximum Gasteiger partial charge on any atom is 0.116 e. The van der Waals surface area contributed by atoms with Crippen LogP contribution in [-0.2, 0) is 0 Å². The predicted molar refractivity (Wildman–Crippen MR) is 141 cm³/mol. The van der Waals surface area contributed by atoms with Crippen molar-refractivity contribution in [2.75, 3.05) is 0 Å². The van der Waals surface area contributed by atoms with Crippen molar-refractivity contribution >= 4 is 34.4 Å². The van der Waals surface area contributed by atoms with Gasteiger partial charge in [0.2, 0.25) is 0 Å². The van der Waals surface area contributed by atoms with Gasteiger partial charge in [0.05, 0.1) is 22.8 Å². The third kappa shape index (κ3) is 4.38. The molecule has 4 N–H and O–H groups in total. The zero-order valence-corrected chi connectivity index (χ0v) is 19.9. The summed E-state index contributed by atoms with van der Waals surface area (Å²) in [6.07, 6.45) is 13.3. The normalized spacial score (nSPS) is 13.8. The third-order valence-corrected chi connectivity index (χ3v) is 6.52. The van der Waals surface area contributed by atoms with Crippen molar-refractivity contribution in [3.05, 3.63) is 94.3 Å². The molecular formula is C27H27N5S. The van der Waals surface area contributed by atoms with Gasteiger partial charge in [-0.1, -0.05) is 25.3 Å². The highest BCUT2D eigenvalue weighted by Gasteiger charge is 2.13. The van der Waals surface area contributed by atoms with E-state index in [9.17, 15) is 0 Å². The number of pyridine rings is 1. The van der Waals surface area contributed by atoms with Gasteiger partial charge in [0.15, 0.2) is 0 Å². The lowest BCUT2D eigenvalue weighted by atomic mass is 10.0. The number of aromatic amines is 2. The Morgan fingerprint density at radius 2 is 2.03 bits per heavy atom. The quantitative estimate of drug-likeness (QED) is 0.355. The Bertz CT molecular complexity index is 1540. The van der Waals surface area contributed by atoms with E-state index in [0.29, 0.717) is 5.70 Å². The van der Waals surface area contributed by atoms with Crippen LogP contribution in [-0.4, -0.2) is 20.2 Å². The number of hydrogen-bond donors (Lipinski definition) is 3. The molecule has 0 fully saturated rings. The molecule has 33 heavy (non-hydrogen) atoms. The molecule has 4 rings (SSSR count). The fourth-order valence-electron chi connectivity index (χ4n) is 3.75. The molecule has 0 saturated carbocycles. The number of allylic oxidation sites excluding steroid dienone is 5. The molecule has 0 unspecified atom stereocenters. The van der Waals surface area contributed by atoms with Crippen molar-refractivity contribution in [2.45, 2.75) is 20.8 Å². The van der Waals surface area contributed by atoms with E-state index >= 15 is 0 Å². The Kier molecular flexibility index (Phi) is 6.29. The maximum atomic E-state index is 5.96. The molecule has 0 spiro atoms. The molecule has 0 saturated heterocycles. The van der Waals surface area contributed by atoms with Gasteiger partial charge in [-0.15, -0.1) is 11.3 Å². The Balaban J connectivity index is 1.87. The summed E-state index contributed by atoms with van der Waals surface area (Å²) in [7, 11) is 0. The van der Waals surface area contributed by atoms with Gasteiger partial charge in [-0.2, -0.15) is 5.10 Å². The fourth-order valence-corrected chi connectivity index (χ4v) is 4.64. The van der Waals surface area contributed by atoms with Gasteiger partial charge < -0.3 is 10.7 Å². The number of nitrogens with one attached hydrogen (secondary N) is 2. The number of aromatic nitrogens is 4. The summed E-state index contributed by atoms with van der Waals surface area (Å²) >= 11 is 1.76. The lowest BCUT2D eigenvalue weighted by Gasteiger charge is -2.02. The average Bonchev–Trinajstić information content (AvgIpc) is 3.54. The first kappa shape index (κ1) is 22.3. The molecule has 4 aromatic heterocycles. The molecule has 0 bridgehead atoms. The van der Waals surface area contributed by atoms with Gasteiger partial charge in [-0.05, 0) is 68.3 Å². The fraction of sp³-hybridized carbons (Fsp3) is 0.111. The van der Waals surface area contributed by atoms with Crippen molar-refractivity contribution in [2.24, 2.45) is 5.73 Å². The van der Waals surface area contributed by atoms with Crippen LogP contribution in [0.3, 0.4) is 0 Å². The lowest BCUT2D eigenvalue weighted by Crippen LogP contribution is -2.23. The summed E-state index contributed by atoms with van der Waals surface area (Å²) < 4.78 is 0. The largest absolute Gasteiger partial charge is 0.399 e. The summed E-state index contributed by atoms with van der Waals surface area (Å²) in [4.78, 5) is 10.4. The van der Waals surface area contributed by atoms with E-state index in [1.807, 2.05) is 50.5 Å². The number of thiophene rings is 1. The molecule has 0 radical (unpaired) electrons. The van der Waals surface area contributed by atoms with E-state index < -0.39 is 0 Å². The SMILES string of the molecule is C=C/C(N)=C\C(=C/C)C(=C)/C=c1/c(-c2cc3c(-c4ccc(C)s4)cncc3[nH]2)n[nH]/c1=C/C. The minimum absolute atomic E-state index is 0.590. The molecule has 0 amide bonds. The Morgan fingerprint density at radius 3 is 2.70 bits per heavy atom. The van der Waals surface area contributed by atoms with E-state index in [2.05, 4.69) is 58.4 Å². The number of aryl methyl sites for hydroxylation is 1. The van der Waals surface area contributed by atoms with E-state index in [4.69, 9.17) is 5.73 Å². The summed E-state index contributed by atoms with van der Waals surface area (Å²) in [6.45, 7) is 14.0. The average molecular weight is 454 g/mol. The van der Waals surface area contributed by atoms with E-state index in [0.717, 1.165) is 49.6 Å². The van der Waals surface area contributed by atoms with Gasteiger partial charge in [0.25, 0.3) is 0 Å². The van der Waals surface area contributed by atoms with Crippen molar-refractivity contribution in [1.82, 2.24) is 20.2 Å². The molecule has 4 heterocycles. The highest BCUT2D eigenvalue weighted by molar-refractivity contribution is 7.15. The van der Waals surface area contributed by atoms with Crippen LogP contribution in [0.2, 0.25) is 0 Å². The standard InChI is InChI=1S/C27H27N5S/c1-6-18(12-19(28)7-2)16(4)11-21-23(8-3)31-32-27(21)24-13-20-22(14-29-15-25(20)30-24)26-10-9-17(5)33-26/h6-15,30-31H,2,4,28H2,1,3,5H3/b18-6+,19-12+,21-11+,23-8+. The first-order valence-corrected chi connectivity index (χ1v) is 11.5. The number of rotatable bonds is 6. The molecule has 0 atom stereocenters. The van der Waals surface area contributed by atoms with Crippen molar-refractivity contribution in [1.29, 1.82) is 0 Å². The van der Waals surface area contributed by atoms with Crippen molar-refractivity contribution < 1.29 is 0 Å². The number of nitrogens with zero attached hydrogens (tertiary/aromatic N) is 2. The Labute approximate surface area is 197 Å². The summed E-state index contributed by atoms with van der Waals surface area (Å²) in [5, 5.41) is 10.8. The predicted octanol–water partition coefficient (Wildman–Crippen LogP) is 5.10. The second kappa shape index (κ2) is 9.30. The van der Waals surface area contributed by atoms with Crippen molar-refractivity contribution in [3.8, 4) is 21.8 Å². The Morgan fingerprint density at radius 1 is 1.21 bits per heavy atom. The number of nitrogens with two attached hydrogens (primary N) is 1. The van der Waals surface area contributed by atoms with Gasteiger partial charge in [-0.3, -0.25) is 10.1 Å². The van der Waals surface area contributed by atoms with E-state index in [-0.39, 0.29) is 0 Å². The maximum absolute atomic E-state index is 5.96. The zero-order valence-electron chi connectivity index (χ0n) is 19.1. The summed E-state index contributed by atoms with van der Waals surface area (Å²) in [5.41, 5.74) is 12.1. The van der Waals surface area contributed by atoms with Gasteiger partial charge in [0.1, 0.15) is 5.69 Å². The molecule has 0 aliphatic carbocycles. The van der Waals surface area contributed by atoms with Crippen LogP contribution >= 0.6 is 11.3 Å². The van der Waals surface area contributed by atoms with Crippen LogP contribution in [0.5, 0.6) is 0 Å².